The zero-order valence-electron chi connectivity index (χ0n) is 16.2. The van der Waals surface area contributed by atoms with Crippen LogP contribution in [-0.2, 0) is 14.8 Å². The Morgan fingerprint density at radius 2 is 2.00 bits per heavy atom. The Kier molecular flexibility index (Phi) is 8.09. The number of nitrogens with one attached hydrogen (secondary N) is 1. The first kappa shape index (κ1) is 22.1. The van der Waals surface area contributed by atoms with E-state index in [4.69, 9.17) is 16.3 Å². The molecule has 1 heterocycles. The van der Waals surface area contributed by atoms with Crippen LogP contribution in [0.15, 0.2) is 23.1 Å². The molecule has 1 aliphatic rings. The number of sulfonamides is 1. The Morgan fingerprint density at radius 1 is 1.33 bits per heavy atom. The first-order valence-electron chi connectivity index (χ1n) is 9.41. The van der Waals surface area contributed by atoms with Crippen LogP contribution in [0, 0.1) is 5.92 Å². The van der Waals surface area contributed by atoms with Crippen LogP contribution < -0.4 is 5.32 Å². The van der Waals surface area contributed by atoms with Gasteiger partial charge in [0.25, 0.3) is 5.91 Å². The zero-order chi connectivity index (χ0) is 20.0. The molecule has 1 saturated heterocycles. The van der Waals surface area contributed by atoms with Gasteiger partial charge in [-0.2, -0.15) is 4.31 Å². The van der Waals surface area contributed by atoms with Crippen LogP contribution in [0.5, 0.6) is 0 Å². The molecular weight excluding hydrogens is 388 g/mol. The molecule has 0 unspecified atom stereocenters. The minimum atomic E-state index is -3.62. The van der Waals surface area contributed by atoms with E-state index in [1.54, 1.807) is 0 Å². The van der Waals surface area contributed by atoms with Crippen LogP contribution in [-0.4, -0.2) is 51.0 Å². The van der Waals surface area contributed by atoms with Gasteiger partial charge in [-0.3, -0.25) is 4.79 Å². The maximum atomic E-state index is 12.9. The van der Waals surface area contributed by atoms with E-state index in [9.17, 15) is 13.2 Å². The van der Waals surface area contributed by atoms with Gasteiger partial charge < -0.3 is 10.1 Å². The number of amides is 1. The van der Waals surface area contributed by atoms with Crippen LogP contribution >= 0.6 is 11.6 Å². The van der Waals surface area contributed by atoms with E-state index in [2.05, 4.69) is 12.2 Å². The Labute approximate surface area is 167 Å². The second-order valence-electron chi connectivity index (χ2n) is 7.26. The Hall–Kier alpha value is -1.15. The predicted molar refractivity (Wildman–Crippen MR) is 107 cm³/mol. The lowest BCUT2D eigenvalue weighted by Gasteiger charge is -2.29. The third-order valence-corrected chi connectivity index (χ3v) is 6.84. The average molecular weight is 417 g/mol. The molecule has 1 aromatic rings. The molecule has 6 nitrogen and oxygen atoms in total. The molecule has 1 aromatic carbocycles. The molecule has 2 rings (SSSR count). The molecule has 0 radical (unpaired) electrons. The summed E-state index contributed by atoms with van der Waals surface area (Å²) >= 11 is 6.13. The molecule has 27 heavy (non-hydrogen) atoms. The maximum Gasteiger partial charge on any atom is 0.252 e. The molecular formula is C19H29ClN2O4S. The van der Waals surface area contributed by atoms with Gasteiger partial charge in [-0.1, -0.05) is 18.5 Å². The van der Waals surface area contributed by atoms with Crippen molar-refractivity contribution >= 4 is 27.5 Å². The number of carbonyl (C=O) groups is 1. The van der Waals surface area contributed by atoms with Crippen molar-refractivity contribution in [3.8, 4) is 0 Å². The molecule has 0 aliphatic carbocycles. The molecule has 0 atom stereocenters. The Balaban J connectivity index is 2.05. The molecule has 0 saturated carbocycles. The summed E-state index contributed by atoms with van der Waals surface area (Å²) in [6, 6.07) is 4.30. The van der Waals surface area contributed by atoms with E-state index < -0.39 is 10.0 Å². The Bertz CT molecular complexity index is 744. The summed E-state index contributed by atoms with van der Waals surface area (Å²) in [4.78, 5) is 12.5. The molecule has 1 amide bonds. The van der Waals surface area contributed by atoms with Crippen molar-refractivity contribution in [2.24, 2.45) is 5.92 Å². The molecule has 152 valence electrons. The fourth-order valence-corrected chi connectivity index (χ4v) is 4.60. The number of hydrogen-bond acceptors (Lipinski definition) is 4. The highest BCUT2D eigenvalue weighted by atomic mass is 35.5. The number of halogens is 1. The summed E-state index contributed by atoms with van der Waals surface area (Å²) in [5.74, 6) is 0.150. The number of benzene rings is 1. The molecule has 1 fully saturated rings. The molecule has 0 spiro atoms. The number of hydrogen-bond donors (Lipinski definition) is 1. The number of nitrogens with zero attached hydrogens (tertiary/aromatic N) is 1. The molecule has 0 aromatic heterocycles. The standard InChI is InChI=1S/C19H29ClN2O4S/c1-14(2)26-12-4-9-21-19(23)17-13-16(5-6-18(17)20)27(24,25)22-10-7-15(3)8-11-22/h5-6,13-15H,4,7-12H2,1-3H3,(H,21,23). The van der Waals surface area contributed by atoms with Crippen LogP contribution in [0.2, 0.25) is 5.02 Å². The highest BCUT2D eigenvalue weighted by molar-refractivity contribution is 7.89. The van der Waals surface area contributed by atoms with E-state index in [1.807, 2.05) is 13.8 Å². The van der Waals surface area contributed by atoms with E-state index in [0.29, 0.717) is 38.6 Å². The normalized spacial score (nSPS) is 16.6. The number of carbonyl (C=O) groups excluding carboxylic acids is 1. The summed E-state index contributed by atoms with van der Waals surface area (Å²) < 4.78 is 32.7. The third-order valence-electron chi connectivity index (χ3n) is 4.62. The lowest BCUT2D eigenvalue weighted by Crippen LogP contribution is -2.38. The zero-order valence-corrected chi connectivity index (χ0v) is 17.8. The minimum Gasteiger partial charge on any atom is -0.379 e. The van der Waals surface area contributed by atoms with Crippen molar-refractivity contribution in [1.29, 1.82) is 0 Å². The highest BCUT2D eigenvalue weighted by Gasteiger charge is 2.29. The average Bonchev–Trinajstić information content (AvgIpc) is 2.61. The largest absolute Gasteiger partial charge is 0.379 e. The number of ether oxygens (including phenoxy) is 1. The van der Waals surface area contributed by atoms with E-state index in [-0.39, 0.29) is 27.5 Å². The quantitative estimate of drug-likeness (QED) is 0.659. The fourth-order valence-electron chi connectivity index (χ4n) is 2.90. The van der Waals surface area contributed by atoms with Gasteiger partial charge in [0.15, 0.2) is 0 Å². The summed E-state index contributed by atoms with van der Waals surface area (Å²) in [5.41, 5.74) is 0.174. The summed E-state index contributed by atoms with van der Waals surface area (Å²) in [7, 11) is -3.62. The highest BCUT2D eigenvalue weighted by Crippen LogP contribution is 2.26. The van der Waals surface area contributed by atoms with Crippen LogP contribution in [0.1, 0.15) is 50.4 Å². The van der Waals surface area contributed by atoms with E-state index >= 15 is 0 Å². The van der Waals surface area contributed by atoms with Crippen LogP contribution in [0.3, 0.4) is 0 Å². The molecule has 1 aliphatic heterocycles. The molecule has 0 bridgehead atoms. The van der Waals surface area contributed by atoms with Gasteiger partial charge in [0, 0.05) is 26.2 Å². The third kappa shape index (κ3) is 6.17. The monoisotopic (exact) mass is 416 g/mol. The molecule has 8 heteroatoms. The van der Waals surface area contributed by atoms with Gasteiger partial charge in [-0.05, 0) is 57.2 Å². The van der Waals surface area contributed by atoms with Gasteiger partial charge >= 0.3 is 0 Å². The van der Waals surface area contributed by atoms with Gasteiger partial charge in [0.1, 0.15) is 0 Å². The summed E-state index contributed by atoms with van der Waals surface area (Å²) in [6.07, 6.45) is 2.51. The van der Waals surface area contributed by atoms with E-state index in [1.165, 1.54) is 22.5 Å². The van der Waals surface area contributed by atoms with Gasteiger partial charge in [0.2, 0.25) is 10.0 Å². The maximum absolute atomic E-state index is 12.9. The summed E-state index contributed by atoms with van der Waals surface area (Å²) in [5, 5.41) is 3.00. The van der Waals surface area contributed by atoms with Crippen molar-refractivity contribution in [1.82, 2.24) is 9.62 Å². The van der Waals surface area contributed by atoms with Crippen molar-refractivity contribution in [3.63, 3.8) is 0 Å². The van der Waals surface area contributed by atoms with Crippen molar-refractivity contribution < 1.29 is 17.9 Å². The lowest BCUT2D eigenvalue weighted by molar-refractivity contribution is 0.0757. The van der Waals surface area contributed by atoms with Crippen molar-refractivity contribution in [3.05, 3.63) is 28.8 Å². The minimum absolute atomic E-state index is 0.106. The number of rotatable bonds is 8. The lowest BCUT2D eigenvalue weighted by atomic mass is 10.0. The van der Waals surface area contributed by atoms with Crippen LogP contribution in [0.25, 0.3) is 0 Å². The topological polar surface area (TPSA) is 75.7 Å². The Morgan fingerprint density at radius 3 is 2.63 bits per heavy atom. The molecule has 1 N–H and O–H groups in total. The van der Waals surface area contributed by atoms with E-state index in [0.717, 1.165) is 12.8 Å². The SMILES string of the molecule is CC1CCN(S(=O)(=O)c2ccc(Cl)c(C(=O)NCCCOC(C)C)c2)CC1. The predicted octanol–water partition coefficient (Wildman–Crippen LogP) is 3.31. The van der Waals surface area contributed by atoms with Crippen LogP contribution in [0.4, 0.5) is 0 Å². The first-order valence-corrected chi connectivity index (χ1v) is 11.2. The van der Waals surface area contributed by atoms with Gasteiger partial charge in [0.05, 0.1) is 21.6 Å². The second-order valence-corrected chi connectivity index (χ2v) is 9.60. The first-order chi connectivity index (χ1) is 12.7. The van der Waals surface area contributed by atoms with Crippen molar-refractivity contribution in [2.45, 2.75) is 51.0 Å². The smallest absolute Gasteiger partial charge is 0.252 e. The van der Waals surface area contributed by atoms with Gasteiger partial charge in [-0.15, -0.1) is 0 Å². The van der Waals surface area contributed by atoms with Gasteiger partial charge in [-0.25, -0.2) is 8.42 Å². The summed E-state index contributed by atoms with van der Waals surface area (Å²) in [6.45, 7) is 8.02. The fraction of sp³-hybridized carbons (Fsp3) is 0.632. The number of piperidine rings is 1. The van der Waals surface area contributed by atoms with Crippen molar-refractivity contribution in [2.75, 3.05) is 26.2 Å². The second kappa shape index (κ2) is 9.87.